The molecule has 3 rings (SSSR count). The van der Waals surface area contributed by atoms with Gasteiger partial charge in [0.1, 0.15) is 5.76 Å². The van der Waals surface area contributed by atoms with Crippen LogP contribution in [0.4, 0.5) is 10.6 Å². The van der Waals surface area contributed by atoms with Gasteiger partial charge in [-0.3, -0.25) is 5.32 Å². The van der Waals surface area contributed by atoms with Crippen molar-refractivity contribution < 1.29 is 9.32 Å². The number of hydrogen-bond acceptors (Lipinski definition) is 5. The van der Waals surface area contributed by atoms with Crippen LogP contribution in [0, 0.1) is 6.92 Å². The molecule has 0 aliphatic heterocycles. The maximum absolute atomic E-state index is 11.8. The van der Waals surface area contributed by atoms with E-state index in [-0.39, 0.29) is 6.03 Å². The first-order valence-corrected chi connectivity index (χ1v) is 6.64. The number of urea groups is 1. The molecule has 0 bridgehead atoms. The summed E-state index contributed by atoms with van der Waals surface area (Å²) in [4.78, 5) is 16.0. The number of carbonyl (C=O) groups excluding carboxylic acids is 1. The predicted octanol–water partition coefficient (Wildman–Crippen LogP) is 1.89. The number of nitrogens with zero attached hydrogens (tertiary/aromatic N) is 4. The molecule has 0 aliphatic carbocycles. The molecule has 2 N–H and O–H groups in total. The summed E-state index contributed by atoms with van der Waals surface area (Å²) in [6, 6.07) is 6.79. The number of carbonyl (C=O) groups is 1. The zero-order chi connectivity index (χ0) is 15.4. The van der Waals surface area contributed by atoms with Gasteiger partial charge in [0.15, 0.2) is 11.6 Å². The summed E-state index contributed by atoms with van der Waals surface area (Å²) in [7, 11) is 0. The second-order valence-corrected chi connectivity index (χ2v) is 4.60. The van der Waals surface area contributed by atoms with E-state index in [1.54, 1.807) is 36.3 Å². The van der Waals surface area contributed by atoms with Gasteiger partial charge in [-0.1, -0.05) is 5.16 Å². The third-order valence-electron chi connectivity index (χ3n) is 2.87. The summed E-state index contributed by atoms with van der Waals surface area (Å²) in [6.07, 6.45) is 5.16. The molecule has 0 fully saturated rings. The van der Waals surface area contributed by atoms with Crippen LogP contribution in [0.5, 0.6) is 0 Å². The second kappa shape index (κ2) is 6.08. The number of pyridine rings is 1. The fraction of sp³-hybridized carbons (Fsp3) is 0.143. The van der Waals surface area contributed by atoms with Gasteiger partial charge >= 0.3 is 6.03 Å². The van der Waals surface area contributed by atoms with Crippen LogP contribution in [-0.4, -0.2) is 26.0 Å². The van der Waals surface area contributed by atoms with Crippen molar-refractivity contribution in [1.29, 1.82) is 0 Å². The SMILES string of the molecule is Cc1cc(NC(=O)NCc2ccnc(-n3cccn3)c2)no1. The van der Waals surface area contributed by atoms with Crippen LogP contribution in [-0.2, 0) is 6.54 Å². The van der Waals surface area contributed by atoms with E-state index < -0.39 is 0 Å². The van der Waals surface area contributed by atoms with E-state index in [2.05, 4.69) is 25.9 Å². The molecular formula is C14H14N6O2. The summed E-state index contributed by atoms with van der Waals surface area (Å²) >= 11 is 0. The van der Waals surface area contributed by atoms with Gasteiger partial charge in [-0.25, -0.2) is 14.5 Å². The molecule has 0 unspecified atom stereocenters. The van der Waals surface area contributed by atoms with Crippen LogP contribution in [0.3, 0.4) is 0 Å². The van der Waals surface area contributed by atoms with Crippen molar-refractivity contribution in [2.75, 3.05) is 5.32 Å². The van der Waals surface area contributed by atoms with E-state index in [1.165, 1.54) is 0 Å². The van der Waals surface area contributed by atoms with Gasteiger partial charge in [0.25, 0.3) is 0 Å². The van der Waals surface area contributed by atoms with Crippen LogP contribution in [0.1, 0.15) is 11.3 Å². The van der Waals surface area contributed by atoms with Crippen LogP contribution in [0.15, 0.2) is 47.4 Å². The molecule has 0 aliphatic rings. The van der Waals surface area contributed by atoms with Crippen molar-refractivity contribution >= 4 is 11.8 Å². The number of aromatic nitrogens is 4. The van der Waals surface area contributed by atoms with E-state index >= 15 is 0 Å². The first-order chi connectivity index (χ1) is 10.7. The van der Waals surface area contributed by atoms with Crippen LogP contribution < -0.4 is 10.6 Å². The van der Waals surface area contributed by atoms with Gasteiger partial charge in [-0.05, 0) is 30.7 Å². The van der Waals surface area contributed by atoms with E-state index in [1.807, 2.05) is 18.2 Å². The lowest BCUT2D eigenvalue weighted by Gasteiger charge is -2.07. The van der Waals surface area contributed by atoms with Crippen LogP contribution in [0.2, 0.25) is 0 Å². The Morgan fingerprint density at radius 2 is 2.27 bits per heavy atom. The van der Waals surface area contributed by atoms with Gasteiger partial charge < -0.3 is 9.84 Å². The minimum atomic E-state index is -0.356. The second-order valence-electron chi connectivity index (χ2n) is 4.60. The zero-order valence-electron chi connectivity index (χ0n) is 11.9. The van der Waals surface area contributed by atoms with Gasteiger partial charge in [0.2, 0.25) is 0 Å². The topological polar surface area (TPSA) is 97.9 Å². The highest BCUT2D eigenvalue weighted by molar-refractivity contribution is 5.88. The minimum absolute atomic E-state index is 0.356. The highest BCUT2D eigenvalue weighted by atomic mass is 16.5. The van der Waals surface area contributed by atoms with Crippen LogP contribution in [0.25, 0.3) is 5.82 Å². The molecule has 0 saturated carbocycles. The number of hydrogen-bond donors (Lipinski definition) is 2. The Bertz CT molecular complexity index is 765. The average Bonchev–Trinajstić information content (AvgIpc) is 3.17. The molecule has 8 heteroatoms. The van der Waals surface area contributed by atoms with E-state index in [9.17, 15) is 4.79 Å². The smallest absolute Gasteiger partial charge is 0.320 e. The van der Waals surface area contributed by atoms with E-state index in [4.69, 9.17) is 4.52 Å². The quantitative estimate of drug-likeness (QED) is 0.766. The standard InChI is InChI=1S/C14H14N6O2/c1-10-7-12(19-22-10)18-14(21)16-9-11-3-5-15-13(8-11)20-6-2-4-17-20/h2-8H,9H2,1H3,(H2,16,18,19,21). The summed E-state index contributed by atoms with van der Waals surface area (Å²) in [5, 5.41) is 13.1. The third-order valence-corrected chi connectivity index (χ3v) is 2.87. The Balaban J connectivity index is 1.59. The summed E-state index contributed by atoms with van der Waals surface area (Å²) < 4.78 is 6.53. The number of nitrogens with one attached hydrogen (secondary N) is 2. The minimum Gasteiger partial charge on any atom is -0.360 e. The first kappa shape index (κ1) is 13.8. The normalized spacial score (nSPS) is 10.4. The van der Waals surface area contributed by atoms with Crippen molar-refractivity contribution in [3.8, 4) is 5.82 Å². The predicted molar refractivity (Wildman–Crippen MR) is 78.5 cm³/mol. The van der Waals surface area contributed by atoms with Crippen molar-refractivity contribution in [3.05, 3.63) is 54.2 Å². The Labute approximate surface area is 126 Å². The van der Waals surface area contributed by atoms with Crippen molar-refractivity contribution in [1.82, 2.24) is 25.2 Å². The molecule has 0 atom stereocenters. The van der Waals surface area contributed by atoms with Gasteiger partial charge in [-0.2, -0.15) is 5.10 Å². The molecule has 0 aromatic carbocycles. The highest BCUT2D eigenvalue weighted by Gasteiger charge is 2.06. The molecule has 0 radical (unpaired) electrons. The van der Waals surface area contributed by atoms with E-state index in [0.717, 1.165) is 5.56 Å². The Hall–Kier alpha value is -3.16. The lowest BCUT2D eigenvalue weighted by Crippen LogP contribution is -2.28. The molecule has 22 heavy (non-hydrogen) atoms. The third kappa shape index (κ3) is 3.29. The summed E-state index contributed by atoms with van der Waals surface area (Å²) in [5.74, 6) is 1.70. The molecule has 3 aromatic rings. The summed E-state index contributed by atoms with van der Waals surface area (Å²) in [5.41, 5.74) is 0.909. The molecule has 3 heterocycles. The van der Waals surface area contributed by atoms with E-state index in [0.29, 0.717) is 23.9 Å². The fourth-order valence-electron chi connectivity index (χ4n) is 1.87. The fourth-order valence-corrected chi connectivity index (χ4v) is 1.87. The number of aryl methyl sites for hydroxylation is 1. The van der Waals surface area contributed by atoms with Gasteiger partial charge in [0, 0.05) is 31.2 Å². The molecule has 0 spiro atoms. The van der Waals surface area contributed by atoms with Crippen LogP contribution >= 0.6 is 0 Å². The van der Waals surface area contributed by atoms with Gasteiger partial charge in [0.05, 0.1) is 0 Å². The maximum atomic E-state index is 11.8. The largest absolute Gasteiger partial charge is 0.360 e. The zero-order valence-corrected chi connectivity index (χ0v) is 11.9. The monoisotopic (exact) mass is 298 g/mol. The summed E-state index contributed by atoms with van der Waals surface area (Å²) in [6.45, 7) is 2.11. The average molecular weight is 298 g/mol. The lowest BCUT2D eigenvalue weighted by molar-refractivity contribution is 0.251. The lowest BCUT2D eigenvalue weighted by atomic mass is 10.2. The molecule has 8 nitrogen and oxygen atoms in total. The number of anilines is 1. The van der Waals surface area contributed by atoms with Crippen molar-refractivity contribution in [2.45, 2.75) is 13.5 Å². The number of amides is 2. The Morgan fingerprint density at radius 3 is 3.00 bits per heavy atom. The van der Waals surface area contributed by atoms with Gasteiger partial charge in [-0.15, -0.1) is 0 Å². The molecule has 0 saturated heterocycles. The molecular weight excluding hydrogens is 284 g/mol. The van der Waals surface area contributed by atoms with Crippen molar-refractivity contribution in [3.63, 3.8) is 0 Å². The molecule has 3 aromatic heterocycles. The number of rotatable bonds is 4. The molecule has 2 amide bonds. The first-order valence-electron chi connectivity index (χ1n) is 6.64. The Kier molecular flexibility index (Phi) is 3.82. The Morgan fingerprint density at radius 1 is 1.36 bits per heavy atom. The maximum Gasteiger partial charge on any atom is 0.320 e. The highest BCUT2D eigenvalue weighted by Crippen LogP contribution is 2.08. The van der Waals surface area contributed by atoms with Crippen molar-refractivity contribution in [2.24, 2.45) is 0 Å². The molecule has 112 valence electrons.